The average Bonchev–Trinajstić information content (AvgIpc) is 2.24. The number of aromatic nitrogens is 2. The zero-order valence-corrected chi connectivity index (χ0v) is 13.3. The van der Waals surface area contributed by atoms with Crippen molar-refractivity contribution >= 4 is 45.2 Å². The lowest BCUT2D eigenvalue weighted by Gasteiger charge is -1.92. The Kier molecular flexibility index (Phi) is 5.89. The summed E-state index contributed by atoms with van der Waals surface area (Å²) < 4.78 is 3.49. The van der Waals surface area contributed by atoms with Crippen LogP contribution in [-0.4, -0.2) is 9.55 Å². The lowest BCUT2D eigenvalue weighted by atomic mass is 10.5. The van der Waals surface area contributed by atoms with E-state index in [2.05, 4.69) is 50.2 Å². The quantitative estimate of drug-likeness (QED) is 0.617. The number of hydrogen-bond donors (Lipinski definition) is 1. The monoisotopic (exact) mass is 456 g/mol. The number of nitrogens with zero attached hydrogens (tertiary/aromatic N) is 1. The summed E-state index contributed by atoms with van der Waals surface area (Å²) in [4.78, 5) is 23.7. The van der Waals surface area contributed by atoms with E-state index in [1.807, 2.05) is 12.1 Å². The van der Waals surface area contributed by atoms with E-state index in [0.717, 1.165) is 7.14 Å². The molecule has 0 aliphatic carbocycles. The van der Waals surface area contributed by atoms with Crippen LogP contribution in [0.2, 0.25) is 0 Å². The summed E-state index contributed by atoms with van der Waals surface area (Å²) in [5.41, 5.74) is -0.00111. The molecular weight excluding hydrogens is 446 g/mol. The Bertz CT molecular complexity index is 605. The Morgan fingerprint density at radius 1 is 1.12 bits per heavy atom. The fourth-order valence-electron chi connectivity index (χ4n) is 0.943. The molecule has 0 saturated heterocycles. The van der Waals surface area contributed by atoms with Crippen LogP contribution in [0.3, 0.4) is 0 Å². The van der Waals surface area contributed by atoms with Gasteiger partial charge in [-0.3, -0.25) is 9.59 Å². The van der Waals surface area contributed by atoms with Crippen molar-refractivity contribution in [3.8, 4) is 0 Å². The molecule has 0 unspecified atom stereocenters. The molecule has 1 N–H and O–H groups in total. The molecule has 2 aromatic heterocycles. The van der Waals surface area contributed by atoms with Crippen molar-refractivity contribution in [2.45, 2.75) is 0 Å². The molecule has 0 saturated carbocycles. The smallest absolute Gasteiger partial charge is 0.251 e. The van der Waals surface area contributed by atoms with E-state index in [4.69, 9.17) is 0 Å². The van der Waals surface area contributed by atoms with Crippen LogP contribution in [0.25, 0.3) is 0 Å². The average molecular weight is 456 g/mol. The molecule has 17 heavy (non-hydrogen) atoms. The first-order chi connectivity index (χ1) is 7.99. The molecule has 0 bridgehead atoms. The number of H-pyrrole nitrogens is 1. The van der Waals surface area contributed by atoms with Crippen molar-refractivity contribution in [2.24, 2.45) is 7.05 Å². The molecule has 0 fully saturated rings. The van der Waals surface area contributed by atoms with Crippen LogP contribution in [0.4, 0.5) is 0 Å². The van der Waals surface area contributed by atoms with E-state index < -0.39 is 0 Å². The van der Waals surface area contributed by atoms with Gasteiger partial charge >= 0.3 is 0 Å². The van der Waals surface area contributed by atoms with Gasteiger partial charge in [-0.25, -0.2) is 0 Å². The summed E-state index contributed by atoms with van der Waals surface area (Å²) in [6.07, 6.45) is 3.38. The van der Waals surface area contributed by atoms with Gasteiger partial charge in [-0.2, -0.15) is 0 Å². The van der Waals surface area contributed by atoms with Crippen molar-refractivity contribution in [1.29, 1.82) is 0 Å². The van der Waals surface area contributed by atoms with Gasteiger partial charge in [-0.1, -0.05) is 0 Å². The van der Waals surface area contributed by atoms with Crippen molar-refractivity contribution < 1.29 is 0 Å². The number of aryl methyl sites for hydroxylation is 1. The third kappa shape index (κ3) is 5.48. The van der Waals surface area contributed by atoms with E-state index in [9.17, 15) is 9.59 Å². The summed E-state index contributed by atoms with van der Waals surface area (Å²) in [6, 6.07) is 6.87. The maximum atomic E-state index is 10.8. The summed E-state index contributed by atoms with van der Waals surface area (Å²) in [5.74, 6) is 0. The lowest BCUT2D eigenvalue weighted by molar-refractivity contribution is 0.857. The van der Waals surface area contributed by atoms with Crippen LogP contribution < -0.4 is 11.1 Å². The highest BCUT2D eigenvalue weighted by Crippen LogP contribution is 1.96. The summed E-state index contributed by atoms with van der Waals surface area (Å²) in [6.45, 7) is 0. The van der Waals surface area contributed by atoms with Gasteiger partial charge in [0.05, 0.1) is 0 Å². The van der Waals surface area contributed by atoms with Crippen LogP contribution in [-0.2, 0) is 7.05 Å². The van der Waals surface area contributed by atoms with Crippen LogP contribution in [0.1, 0.15) is 0 Å². The molecule has 0 aliphatic rings. The molecular formula is C11H10I2N2O2. The van der Waals surface area contributed by atoms with Gasteiger partial charge in [0.2, 0.25) is 5.56 Å². The minimum atomic E-state index is -0.0445. The maximum absolute atomic E-state index is 10.8. The number of aromatic amines is 1. The standard InChI is InChI=1S/C6H6INO.C5H4INO/c1-8-3-2-5(7)4-6(8)9;6-4-1-2-7-5(8)3-4/h2-4H,1H3;1-3H,(H,7,8). The molecule has 0 amide bonds. The zero-order chi connectivity index (χ0) is 12.8. The second kappa shape index (κ2) is 6.94. The zero-order valence-electron chi connectivity index (χ0n) is 8.98. The van der Waals surface area contributed by atoms with Gasteiger partial charge in [0.15, 0.2) is 0 Å². The molecule has 2 heterocycles. The van der Waals surface area contributed by atoms with Gasteiger partial charge in [0, 0.05) is 38.7 Å². The fraction of sp³-hybridized carbons (Fsp3) is 0.0909. The highest BCUT2D eigenvalue weighted by Gasteiger charge is 1.87. The van der Waals surface area contributed by atoms with Crippen molar-refractivity contribution in [3.63, 3.8) is 0 Å². The van der Waals surface area contributed by atoms with Crippen molar-refractivity contribution in [3.05, 3.63) is 64.5 Å². The Morgan fingerprint density at radius 2 is 1.76 bits per heavy atom. The fourth-order valence-corrected chi connectivity index (χ4v) is 1.83. The Balaban J connectivity index is 0.000000171. The van der Waals surface area contributed by atoms with E-state index >= 15 is 0 Å². The predicted octanol–water partition coefficient (Wildman–Crippen LogP) is 1.97. The molecule has 4 nitrogen and oxygen atoms in total. The maximum Gasteiger partial charge on any atom is 0.251 e. The van der Waals surface area contributed by atoms with E-state index in [0.29, 0.717) is 0 Å². The molecule has 2 rings (SSSR count). The highest BCUT2D eigenvalue weighted by molar-refractivity contribution is 14.1. The molecule has 0 radical (unpaired) electrons. The number of pyridine rings is 2. The van der Waals surface area contributed by atoms with E-state index in [-0.39, 0.29) is 11.1 Å². The molecule has 90 valence electrons. The van der Waals surface area contributed by atoms with Crippen LogP contribution in [0.5, 0.6) is 0 Å². The third-order valence-corrected chi connectivity index (χ3v) is 3.15. The molecule has 0 aromatic carbocycles. The first kappa shape index (κ1) is 14.4. The normalized spacial score (nSPS) is 9.35. The molecule has 0 atom stereocenters. The second-order valence-electron chi connectivity index (χ2n) is 3.17. The Morgan fingerprint density at radius 3 is 2.18 bits per heavy atom. The van der Waals surface area contributed by atoms with E-state index in [1.165, 1.54) is 0 Å². The minimum Gasteiger partial charge on any atom is -0.329 e. The second-order valence-corrected chi connectivity index (χ2v) is 5.66. The predicted molar refractivity (Wildman–Crippen MR) is 84.2 cm³/mol. The number of nitrogens with one attached hydrogen (secondary N) is 1. The summed E-state index contributed by atoms with van der Waals surface area (Å²) in [7, 11) is 1.73. The lowest BCUT2D eigenvalue weighted by Crippen LogP contribution is -2.14. The number of halogens is 2. The minimum absolute atomic E-state index is 0.0434. The number of hydrogen-bond acceptors (Lipinski definition) is 2. The Labute approximate surface area is 125 Å². The summed E-state index contributed by atoms with van der Waals surface area (Å²) >= 11 is 4.19. The van der Waals surface area contributed by atoms with Crippen LogP contribution >= 0.6 is 45.2 Å². The van der Waals surface area contributed by atoms with Crippen molar-refractivity contribution in [1.82, 2.24) is 9.55 Å². The van der Waals surface area contributed by atoms with Gasteiger partial charge in [0.25, 0.3) is 5.56 Å². The highest BCUT2D eigenvalue weighted by atomic mass is 127. The van der Waals surface area contributed by atoms with E-state index in [1.54, 1.807) is 36.1 Å². The largest absolute Gasteiger partial charge is 0.329 e. The van der Waals surface area contributed by atoms with Gasteiger partial charge in [0.1, 0.15) is 0 Å². The SMILES string of the molecule is Cn1ccc(I)cc1=O.O=c1cc(I)cc[nH]1. The molecule has 0 spiro atoms. The first-order valence-electron chi connectivity index (χ1n) is 4.65. The molecule has 6 heteroatoms. The Hall–Kier alpha value is -0.640. The number of rotatable bonds is 0. The molecule has 2 aromatic rings. The molecule has 0 aliphatic heterocycles. The first-order valence-corrected chi connectivity index (χ1v) is 6.81. The van der Waals surface area contributed by atoms with Gasteiger partial charge < -0.3 is 9.55 Å². The third-order valence-electron chi connectivity index (χ3n) is 1.80. The van der Waals surface area contributed by atoms with Gasteiger partial charge in [-0.05, 0) is 57.3 Å². The summed E-state index contributed by atoms with van der Waals surface area (Å²) in [5, 5.41) is 0. The van der Waals surface area contributed by atoms with Crippen LogP contribution in [0.15, 0.2) is 46.2 Å². The van der Waals surface area contributed by atoms with Crippen molar-refractivity contribution in [2.75, 3.05) is 0 Å². The van der Waals surface area contributed by atoms with Gasteiger partial charge in [-0.15, -0.1) is 0 Å². The van der Waals surface area contributed by atoms with Crippen LogP contribution in [0, 0.1) is 7.14 Å². The topological polar surface area (TPSA) is 54.9 Å².